The van der Waals surface area contributed by atoms with Gasteiger partial charge in [0.2, 0.25) is 5.91 Å². The topological polar surface area (TPSA) is 196 Å². The first-order valence-corrected chi connectivity index (χ1v) is 20.9. The third-order valence-corrected chi connectivity index (χ3v) is 10.6. The van der Waals surface area contributed by atoms with Crippen molar-refractivity contribution in [2.45, 2.75) is 112 Å². The van der Waals surface area contributed by atoms with Gasteiger partial charge in [-0.3, -0.25) is 4.79 Å². The molecule has 1 amide bonds. The molecule has 0 aliphatic rings. The van der Waals surface area contributed by atoms with E-state index in [0.29, 0.717) is 19.6 Å². The quantitative estimate of drug-likeness (QED) is 0.0306. The maximum absolute atomic E-state index is 11.5. The van der Waals surface area contributed by atoms with Crippen LogP contribution in [-0.2, 0) is 4.79 Å². The van der Waals surface area contributed by atoms with E-state index in [4.69, 9.17) is 5.73 Å². The summed E-state index contributed by atoms with van der Waals surface area (Å²) in [5.74, 6) is 0.0932. The Morgan fingerprint density at radius 3 is 1.20 bits per heavy atom. The molecular formula is C33H80B6N8O7. The van der Waals surface area contributed by atoms with E-state index in [0.717, 1.165) is 123 Å². The number of rotatable bonds is 36. The highest BCUT2D eigenvalue weighted by atomic mass is 16.2. The second-order valence-electron chi connectivity index (χ2n) is 15.6. The first-order valence-electron chi connectivity index (χ1n) is 20.9. The van der Waals surface area contributed by atoms with Gasteiger partial charge in [0.25, 0.3) is 0 Å². The molecule has 0 saturated heterocycles. The summed E-state index contributed by atoms with van der Waals surface area (Å²) in [5.41, 5.74) is 5.39. The molecule has 0 spiro atoms. The molecule has 0 aromatic heterocycles. The predicted octanol–water partition coefficient (Wildman–Crippen LogP) is -0.298. The molecule has 0 saturated carbocycles. The van der Waals surface area contributed by atoms with Crippen LogP contribution in [0.1, 0.15) is 70.6 Å². The van der Waals surface area contributed by atoms with Crippen molar-refractivity contribution in [1.82, 2.24) is 34.2 Å². The smallest absolute Gasteiger partial charge is 0.376 e. The lowest BCUT2D eigenvalue weighted by Crippen LogP contribution is -2.47. The Balaban J connectivity index is 5.33. The largest absolute Gasteiger partial charge is 0.437 e. The number of hydrogen-bond acceptors (Lipinski definition) is 14. The van der Waals surface area contributed by atoms with Gasteiger partial charge in [-0.15, -0.1) is 0 Å². The van der Waals surface area contributed by atoms with Gasteiger partial charge in [-0.05, 0) is 178 Å². The van der Waals surface area contributed by atoms with E-state index in [1.165, 1.54) is 0 Å². The van der Waals surface area contributed by atoms with E-state index in [-0.39, 0.29) is 18.4 Å². The third kappa shape index (κ3) is 27.1. The number of nitrogens with zero attached hydrogens (tertiary/aromatic N) is 6. The minimum Gasteiger partial charge on any atom is -0.437 e. The van der Waals surface area contributed by atoms with Crippen LogP contribution < -0.4 is 11.1 Å². The number of carbonyl (C=O) groups is 1. The lowest BCUT2D eigenvalue weighted by molar-refractivity contribution is -0.119. The SMILES string of the molecule is CB(O)N(C)CCCN(CCCCN(CC(CCCCCCNC(=O)CN)CN(CCCCN(CCCN(C)B(C)O)B(C)O)B(C)O)B(C)O)B(C)O. The van der Waals surface area contributed by atoms with Crippen molar-refractivity contribution in [3.05, 3.63) is 0 Å². The highest BCUT2D eigenvalue weighted by Crippen LogP contribution is 2.17. The average molecular weight is 766 g/mol. The van der Waals surface area contributed by atoms with Crippen molar-refractivity contribution in [3.63, 3.8) is 0 Å². The minimum atomic E-state index is -0.616. The summed E-state index contributed by atoms with van der Waals surface area (Å²) in [6, 6.07) is 0. The lowest BCUT2D eigenvalue weighted by atomic mass is 9.80. The standard InChI is InChI=1S/C33H80B6N8O7/c1-34(49)42(7)21-17-27-44(36(3)51)23-13-15-25-46(38(5)53)30-32(19-11-9-10-12-20-41-33(48)29-40)31-47(39(6)54)26-16-14-24-45(37(4)52)28-18-22-43(8)35(2)50/h32,49-54H,9-31,40H2,1-8H3,(H,41,48). The lowest BCUT2D eigenvalue weighted by Gasteiger charge is -2.33. The highest BCUT2D eigenvalue weighted by molar-refractivity contribution is 6.46. The molecule has 0 radical (unpaired) electrons. The molecule has 9 N–H and O–H groups in total. The van der Waals surface area contributed by atoms with Crippen LogP contribution in [0.25, 0.3) is 0 Å². The molecule has 0 aliphatic heterocycles. The summed E-state index contributed by atoms with van der Waals surface area (Å²) in [6.45, 7) is 18.7. The predicted molar refractivity (Wildman–Crippen MR) is 231 cm³/mol. The molecule has 0 aliphatic carbocycles. The Morgan fingerprint density at radius 2 is 0.852 bits per heavy atom. The monoisotopic (exact) mass is 767 g/mol. The Bertz CT molecular complexity index is 858. The molecular weight excluding hydrogens is 685 g/mol. The highest BCUT2D eigenvalue weighted by Gasteiger charge is 2.26. The van der Waals surface area contributed by atoms with Crippen molar-refractivity contribution in [2.24, 2.45) is 11.7 Å². The van der Waals surface area contributed by atoms with Gasteiger partial charge in [0, 0.05) is 6.54 Å². The average Bonchev–Trinajstić information content (AvgIpc) is 3.10. The second-order valence-corrected chi connectivity index (χ2v) is 15.6. The van der Waals surface area contributed by atoms with Gasteiger partial charge < -0.3 is 70.1 Å². The van der Waals surface area contributed by atoms with E-state index in [1.54, 1.807) is 27.3 Å². The summed E-state index contributed by atoms with van der Waals surface area (Å²) in [5, 5.41) is 64.7. The second kappa shape index (κ2) is 32.3. The van der Waals surface area contributed by atoms with Gasteiger partial charge in [0.05, 0.1) is 6.54 Å². The maximum atomic E-state index is 11.5. The van der Waals surface area contributed by atoms with Gasteiger partial charge in [0.15, 0.2) is 0 Å². The molecule has 0 unspecified atom stereocenters. The van der Waals surface area contributed by atoms with Crippen molar-refractivity contribution < 1.29 is 34.9 Å². The van der Waals surface area contributed by atoms with Crippen LogP contribution in [0.15, 0.2) is 0 Å². The van der Waals surface area contributed by atoms with E-state index < -0.39 is 42.3 Å². The molecule has 0 heterocycles. The Kier molecular flexibility index (Phi) is 31.9. The number of carbonyl (C=O) groups excluding carboxylic acids is 1. The normalized spacial score (nSPS) is 12.0. The van der Waals surface area contributed by atoms with Gasteiger partial charge in [-0.25, -0.2) is 0 Å². The summed E-state index contributed by atoms with van der Waals surface area (Å²) < 4.78 is 0. The number of nitrogens with two attached hydrogens (primary N) is 1. The van der Waals surface area contributed by atoms with E-state index in [9.17, 15) is 34.9 Å². The molecule has 0 rings (SSSR count). The van der Waals surface area contributed by atoms with Crippen molar-refractivity contribution >= 4 is 48.2 Å². The van der Waals surface area contributed by atoms with E-state index >= 15 is 0 Å². The number of nitrogens with one attached hydrogen (secondary N) is 1. The van der Waals surface area contributed by atoms with Crippen LogP contribution in [0.3, 0.4) is 0 Å². The molecule has 312 valence electrons. The summed E-state index contributed by atoms with van der Waals surface area (Å²) in [7, 11) is 0.433. The number of hydrogen-bond donors (Lipinski definition) is 8. The van der Waals surface area contributed by atoms with Gasteiger partial charge in [-0.1, -0.05) is 19.3 Å². The summed E-state index contributed by atoms with van der Waals surface area (Å²) in [4.78, 5) is 23.6. The van der Waals surface area contributed by atoms with Gasteiger partial charge in [-0.2, -0.15) is 0 Å². The van der Waals surface area contributed by atoms with Crippen LogP contribution in [0.4, 0.5) is 0 Å². The molecule has 0 bridgehead atoms. The van der Waals surface area contributed by atoms with E-state index in [1.807, 2.05) is 37.4 Å². The molecule has 0 aromatic carbocycles. The first kappa shape index (κ1) is 53.3. The fraction of sp³-hybridized carbons (Fsp3) is 0.970. The van der Waals surface area contributed by atoms with Crippen LogP contribution in [0.2, 0.25) is 40.9 Å². The van der Waals surface area contributed by atoms with Crippen LogP contribution in [-0.4, -0.2) is 200 Å². The molecule has 15 nitrogen and oxygen atoms in total. The fourth-order valence-electron chi connectivity index (χ4n) is 6.63. The van der Waals surface area contributed by atoms with Gasteiger partial charge >= 0.3 is 42.3 Å². The Hall–Kier alpha value is -0.660. The molecule has 0 atom stereocenters. The van der Waals surface area contributed by atoms with Crippen LogP contribution in [0.5, 0.6) is 0 Å². The zero-order valence-electron chi connectivity index (χ0n) is 35.7. The first-order chi connectivity index (χ1) is 25.5. The van der Waals surface area contributed by atoms with Crippen LogP contribution in [0, 0.1) is 5.92 Å². The fourth-order valence-corrected chi connectivity index (χ4v) is 6.63. The zero-order chi connectivity index (χ0) is 41.1. The summed E-state index contributed by atoms with van der Waals surface area (Å²) >= 11 is 0. The molecule has 0 aromatic rings. The maximum Gasteiger partial charge on any atom is 0.376 e. The third-order valence-electron chi connectivity index (χ3n) is 10.6. The van der Waals surface area contributed by atoms with Crippen LogP contribution >= 0.6 is 0 Å². The van der Waals surface area contributed by atoms with Crippen molar-refractivity contribution in [2.75, 3.05) is 92.6 Å². The van der Waals surface area contributed by atoms with Crippen molar-refractivity contribution in [1.29, 1.82) is 0 Å². The minimum absolute atomic E-state index is 0.00410. The zero-order valence-corrected chi connectivity index (χ0v) is 35.7. The molecule has 21 heteroatoms. The Labute approximate surface area is 332 Å². The summed E-state index contributed by atoms with van der Waals surface area (Å²) in [6.07, 6.45) is 10.1. The molecule has 0 fully saturated rings. The van der Waals surface area contributed by atoms with Gasteiger partial charge in [0.1, 0.15) is 0 Å². The van der Waals surface area contributed by atoms with Crippen molar-refractivity contribution in [3.8, 4) is 0 Å². The Morgan fingerprint density at radius 1 is 0.500 bits per heavy atom. The number of unbranched alkanes of at least 4 members (excludes halogenated alkanes) is 5. The number of amides is 1. The molecule has 54 heavy (non-hydrogen) atoms. The van der Waals surface area contributed by atoms with E-state index in [2.05, 4.69) is 24.6 Å².